The largest absolute Gasteiger partial charge is 0.302 e. The predicted octanol–water partition coefficient (Wildman–Crippen LogP) is 3.45. The first-order chi connectivity index (χ1) is 11.0. The van der Waals surface area contributed by atoms with Crippen LogP contribution in [0.15, 0.2) is 78.9 Å². The van der Waals surface area contributed by atoms with E-state index in [0.29, 0.717) is 11.5 Å². The molecule has 0 spiro atoms. The van der Waals surface area contributed by atoms with E-state index in [9.17, 15) is 8.42 Å². The Labute approximate surface area is 135 Å². The lowest BCUT2D eigenvalue weighted by Gasteiger charge is -2.10. The fourth-order valence-electron chi connectivity index (χ4n) is 2.59. The number of nitrogens with one attached hydrogen (secondary N) is 1. The van der Waals surface area contributed by atoms with Crippen LogP contribution in [0.2, 0.25) is 0 Å². The zero-order valence-electron chi connectivity index (χ0n) is 12.7. The van der Waals surface area contributed by atoms with Gasteiger partial charge in [-0.25, -0.2) is 4.98 Å². The zero-order chi connectivity index (χ0) is 16.4. The van der Waals surface area contributed by atoms with Gasteiger partial charge in [-0.15, -0.1) is 3.98 Å². The minimum Gasteiger partial charge on any atom is -0.239 e. The molecule has 0 fully saturated rings. The molecule has 0 amide bonds. The Kier molecular flexibility index (Phi) is 3.88. The maximum absolute atomic E-state index is 12.4. The van der Waals surface area contributed by atoms with Crippen molar-refractivity contribution in [1.29, 1.82) is 0 Å². The minimum atomic E-state index is -3.51. The van der Waals surface area contributed by atoms with Crippen LogP contribution in [0.5, 0.6) is 0 Å². The topological polar surface area (TPSA) is 52.9 Å². The van der Waals surface area contributed by atoms with Crippen molar-refractivity contribution in [1.82, 2.24) is 4.98 Å². The van der Waals surface area contributed by atoms with Gasteiger partial charge in [-0.1, -0.05) is 55.2 Å². The zero-order valence-corrected chi connectivity index (χ0v) is 13.5. The van der Waals surface area contributed by atoms with Crippen LogP contribution < -0.4 is 0 Å². The van der Waals surface area contributed by atoms with Crippen molar-refractivity contribution in [3.8, 4) is 0 Å². The van der Waals surface area contributed by atoms with E-state index in [1.165, 1.54) is 10.2 Å². The highest BCUT2D eigenvalue weighted by atomic mass is 32.2. The van der Waals surface area contributed by atoms with Crippen LogP contribution in [0, 0.1) is 0 Å². The maximum atomic E-state index is 12.4. The predicted molar refractivity (Wildman–Crippen MR) is 94.6 cm³/mol. The number of H-pyrrole nitrogens is 1. The van der Waals surface area contributed by atoms with Gasteiger partial charge >= 0.3 is 10.0 Å². The Hall–Kier alpha value is -2.66. The number of hydrogen-bond donors (Lipinski definition) is 1. The first kappa shape index (κ1) is 15.2. The van der Waals surface area contributed by atoms with Crippen LogP contribution >= 0.6 is 0 Å². The van der Waals surface area contributed by atoms with Crippen LogP contribution in [0.1, 0.15) is 0 Å². The molecule has 0 bridgehead atoms. The van der Waals surface area contributed by atoms with Crippen molar-refractivity contribution < 1.29 is 12.4 Å². The van der Waals surface area contributed by atoms with Crippen molar-refractivity contribution in [3.05, 3.63) is 78.9 Å². The average molecular weight is 325 g/mol. The van der Waals surface area contributed by atoms with Gasteiger partial charge in [0.25, 0.3) is 5.82 Å². The molecular weight excluding hydrogens is 308 g/mol. The number of sulfonamides is 1. The van der Waals surface area contributed by atoms with Crippen LogP contribution in [-0.2, 0) is 10.0 Å². The highest BCUT2D eigenvalue weighted by Crippen LogP contribution is 2.24. The van der Waals surface area contributed by atoms with Crippen molar-refractivity contribution in [3.63, 3.8) is 0 Å². The normalized spacial score (nSPS) is 18.6. The fourth-order valence-corrected chi connectivity index (χ4v) is 3.57. The number of para-hydroxylation sites is 1. The van der Waals surface area contributed by atoms with Crippen LogP contribution in [-0.4, -0.2) is 29.4 Å². The van der Waals surface area contributed by atoms with Gasteiger partial charge in [0.1, 0.15) is 5.52 Å². The molecule has 3 rings (SSSR count). The molecule has 0 aliphatic heterocycles. The van der Waals surface area contributed by atoms with E-state index < -0.39 is 10.0 Å². The molecule has 1 aliphatic rings. The summed E-state index contributed by atoms with van der Waals surface area (Å²) in [5, 5.41) is 0.960. The number of benzene rings is 1. The molecule has 2 aromatic rings. The van der Waals surface area contributed by atoms with E-state index in [0.717, 1.165) is 16.5 Å². The Balaban J connectivity index is 2.33. The lowest BCUT2D eigenvalue weighted by molar-refractivity contribution is -0.263. The lowest BCUT2D eigenvalue weighted by Crippen LogP contribution is -2.24. The summed E-state index contributed by atoms with van der Waals surface area (Å²) < 4.78 is 26.2. The van der Waals surface area contributed by atoms with Gasteiger partial charge in [0.2, 0.25) is 0 Å². The molecule has 116 valence electrons. The SMILES string of the molecule is C=C/C=C1/C=CC=C/C1=[N+](/c1cc2ccccc2[nH]1)S(C)(=O)=O. The molecule has 1 aromatic heterocycles. The molecule has 1 heterocycles. The van der Waals surface area contributed by atoms with Gasteiger partial charge in [-0.05, 0) is 12.1 Å². The monoisotopic (exact) mass is 325 g/mol. The summed E-state index contributed by atoms with van der Waals surface area (Å²) in [6.07, 6.45) is 11.9. The van der Waals surface area contributed by atoms with E-state index in [4.69, 9.17) is 0 Å². The molecule has 0 saturated carbocycles. The molecule has 0 atom stereocenters. The molecule has 0 radical (unpaired) electrons. The second-order valence-corrected chi connectivity index (χ2v) is 7.06. The van der Waals surface area contributed by atoms with Gasteiger partial charge < -0.3 is 0 Å². The molecule has 1 N–H and O–H groups in total. The third-order valence-corrected chi connectivity index (χ3v) is 4.58. The number of fused-ring (bicyclic) bond motifs is 1. The molecular formula is C18H17N2O2S+. The van der Waals surface area contributed by atoms with E-state index in [-0.39, 0.29) is 0 Å². The van der Waals surface area contributed by atoms with Gasteiger partial charge in [0, 0.05) is 17.0 Å². The molecule has 5 heteroatoms. The van der Waals surface area contributed by atoms with Crippen molar-refractivity contribution >= 4 is 32.5 Å². The Morgan fingerprint density at radius 3 is 2.61 bits per heavy atom. The van der Waals surface area contributed by atoms with Crippen LogP contribution in [0.4, 0.5) is 5.82 Å². The van der Waals surface area contributed by atoms with Crippen LogP contribution in [0.3, 0.4) is 0 Å². The smallest absolute Gasteiger partial charge is 0.239 e. The van der Waals surface area contributed by atoms with Crippen molar-refractivity contribution in [2.75, 3.05) is 6.26 Å². The Bertz CT molecular complexity index is 970. The third-order valence-electron chi connectivity index (χ3n) is 3.52. The third kappa shape index (κ3) is 2.96. The van der Waals surface area contributed by atoms with Gasteiger partial charge in [0.05, 0.1) is 6.26 Å². The second-order valence-electron chi connectivity index (χ2n) is 5.23. The molecule has 23 heavy (non-hydrogen) atoms. The fraction of sp³-hybridized carbons (Fsp3) is 0.0556. The highest BCUT2D eigenvalue weighted by molar-refractivity contribution is 7.84. The van der Waals surface area contributed by atoms with E-state index >= 15 is 0 Å². The summed E-state index contributed by atoms with van der Waals surface area (Å²) in [6, 6.07) is 9.52. The first-order valence-electron chi connectivity index (χ1n) is 7.13. The number of nitrogens with zero attached hydrogens (tertiary/aromatic N) is 1. The van der Waals surface area contributed by atoms with E-state index in [1.54, 1.807) is 18.2 Å². The maximum Gasteiger partial charge on any atom is 0.302 e. The van der Waals surface area contributed by atoms with E-state index in [2.05, 4.69) is 11.6 Å². The summed E-state index contributed by atoms with van der Waals surface area (Å²) >= 11 is 0. The summed E-state index contributed by atoms with van der Waals surface area (Å²) in [5.74, 6) is 0.513. The van der Waals surface area contributed by atoms with Crippen molar-refractivity contribution in [2.45, 2.75) is 0 Å². The molecule has 4 nitrogen and oxygen atoms in total. The Morgan fingerprint density at radius 2 is 1.91 bits per heavy atom. The summed E-state index contributed by atoms with van der Waals surface area (Å²) in [6.45, 7) is 3.69. The average Bonchev–Trinajstić information content (AvgIpc) is 2.91. The quantitative estimate of drug-likeness (QED) is 0.879. The van der Waals surface area contributed by atoms with Gasteiger partial charge in [-0.3, -0.25) is 0 Å². The molecule has 0 unspecified atom stereocenters. The lowest BCUT2D eigenvalue weighted by atomic mass is 10.1. The minimum absolute atomic E-state index is 0.513. The molecule has 0 saturated heterocycles. The summed E-state index contributed by atoms with van der Waals surface area (Å²) in [7, 11) is -3.51. The standard InChI is InChI=1S/C18H17N2O2S/c1-3-8-14-9-5-7-12-17(14)20(23(2,21)22)18-13-15-10-4-6-11-16(15)19-18/h3-13,19H,1H2,2H3/q+1/b14-8-,20-17+. The number of rotatable bonds is 3. The highest BCUT2D eigenvalue weighted by Gasteiger charge is 2.26. The van der Waals surface area contributed by atoms with Gasteiger partial charge in [0.15, 0.2) is 5.71 Å². The first-order valence-corrected chi connectivity index (χ1v) is 8.98. The van der Waals surface area contributed by atoms with Crippen molar-refractivity contribution in [2.24, 2.45) is 0 Å². The number of allylic oxidation sites excluding steroid dienone is 7. The summed E-state index contributed by atoms with van der Waals surface area (Å²) in [5.41, 5.74) is 2.26. The van der Waals surface area contributed by atoms with Gasteiger partial charge in [-0.2, -0.15) is 8.42 Å². The Morgan fingerprint density at radius 1 is 1.17 bits per heavy atom. The second kappa shape index (κ2) is 5.85. The van der Waals surface area contributed by atoms with E-state index in [1.807, 2.05) is 48.6 Å². The number of aromatic amines is 1. The number of aromatic nitrogens is 1. The molecule has 1 aromatic carbocycles. The summed E-state index contributed by atoms with van der Waals surface area (Å²) in [4.78, 5) is 3.18. The van der Waals surface area contributed by atoms with Crippen LogP contribution in [0.25, 0.3) is 10.9 Å². The number of hydrogen-bond acceptors (Lipinski definition) is 2. The molecule has 1 aliphatic carbocycles.